The topological polar surface area (TPSA) is 66.6 Å². The minimum Gasteiger partial charge on any atom is -0.368 e. The zero-order valence-corrected chi connectivity index (χ0v) is 16.3. The molecule has 144 valence electrons. The molecule has 1 heterocycles. The monoisotopic (exact) mass is 393 g/mol. The fraction of sp³-hybridized carbons (Fsp3) is 0.182. The predicted octanol–water partition coefficient (Wildman–Crippen LogP) is 3.33. The van der Waals surface area contributed by atoms with Crippen molar-refractivity contribution >= 4 is 21.4 Å². The van der Waals surface area contributed by atoms with E-state index in [0.717, 1.165) is 37.4 Å². The second kappa shape index (κ2) is 7.66. The molecule has 1 saturated heterocycles. The van der Waals surface area contributed by atoms with Gasteiger partial charge in [0.05, 0.1) is 4.90 Å². The van der Waals surface area contributed by atoms with E-state index in [2.05, 4.69) is 21.9 Å². The summed E-state index contributed by atoms with van der Waals surface area (Å²) in [4.78, 5) is 4.76. The molecule has 0 unspecified atom stereocenters. The van der Waals surface area contributed by atoms with Gasteiger partial charge in [-0.2, -0.15) is 0 Å². The molecule has 0 aliphatic carbocycles. The molecule has 6 heteroatoms. The third-order valence-electron chi connectivity index (χ3n) is 5.11. The van der Waals surface area contributed by atoms with Gasteiger partial charge in [0.1, 0.15) is 0 Å². The maximum Gasteiger partial charge on any atom is 0.238 e. The van der Waals surface area contributed by atoms with Crippen LogP contribution >= 0.6 is 0 Å². The summed E-state index contributed by atoms with van der Waals surface area (Å²) in [5, 5.41) is 5.54. The molecule has 28 heavy (non-hydrogen) atoms. The summed E-state index contributed by atoms with van der Waals surface area (Å²) in [7, 11) is -3.83. The summed E-state index contributed by atoms with van der Waals surface area (Å²) >= 11 is 0. The number of nitrogens with zero attached hydrogens (tertiary/aromatic N) is 2. The lowest BCUT2D eigenvalue weighted by Crippen LogP contribution is -2.46. The molecule has 1 aliphatic heterocycles. The highest BCUT2D eigenvalue weighted by Gasteiger charge is 2.24. The molecule has 0 radical (unpaired) electrons. The number of rotatable bonds is 4. The Bertz CT molecular complexity index is 1050. The Morgan fingerprint density at radius 3 is 1.86 bits per heavy atom. The Hall–Kier alpha value is -2.83. The molecular weight excluding hydrogens is 370 g/mol. The minimum absolute atomic E-state index is 0.168. The van der Waals surface area contributed by atoms with Crippen LogP contribution in [0.1, 0.15) is 0 Å². The van der Waals surface area contributed by atoms with E-state index in [-0.39, 0.29) is 4.90 Å². The molecule has 0 aromatic heterocycles. The summed E-state index contributed by atoms with van der Waals surface area (Å²) in [5.74, 6) is 0. The number of benzene rings is 3. The fourth-order valence-corrected chi connectivity index (χ4v) is 4.53. The number of primary sulfonamides is 1. The van der Waals surface area contributed by atoms with Crippen LogP contribution < -0.4 is 14.9 Å². The molecule has 4 rings (SSSR count). The first-order valence-corrected chi connectivity index (χ1v) is 10.8. The Labute approximate surface area is 166 Å². The van der Waals surface area contributed by atoms with Gasteiger partial charge in [-0.25, -0.2) is 13.6 Å². The number of nitrogens with two attached hydrogens (primary N) is 1. The number of sulfonamides is 1. The van der Waals surface area contributed by atoms with Crippen molar-refractivity contribution in [2.75, 3.05) is 36.0 Å². The molecule has 0 atom stereocenters. The van der Waals surface area contributed by atoms with Gasteiger partial charge in [-0.1, -0.05) is 54.6 Å². The molecule has 0 bridgehead atoms. The lowest BCUT2D eigenvalue weighted by Gasteiger charge is -2.38. The molecule has 0 amide bonds. The number of hydrogen-bond donors (Lipinski definition) is 1. The standard InChI is InChI=1S/C22H23N3O2S/c23-28(26,27)21-13-7-12-20(22(21)18-8-3-1-4-9-18)25-16-14-24(15-17-25)19-10-5-2-6-11-19/h1-13H,14-17H2,(H2,23,26,27). The number of anilines is 2. The van der Waals surface area contributed by atoms with Crippen molar-refractivity contribution in [3.8, 4) is 11.1 Å². The van der Waals surface area contributed by atoms with Crippen LogP contribution in [-0.4, -0.2) is 34.6 Å². The summed E-state index contributed by atoms with van der Waals surface area (Å²) in [5.41, 5.74) is 3.65. The quantitative estimate of drug-likeness (QED) is 0.738. The normalized spacial score (nSPS) is 14.9. The van der Waals surface area contributed by atoms with Gasteiger partial charge in [-0.15, -0.1) is 0 Å². The van der Waals surface area contributed by atoms with Crippen LogP contribution in [0.25, 0.3) is 11.1 Å². The molecule has 0 saturated carbocycles. The van der Waals surface area contributed by atoms with Crippen LogP contribution in [0.2, 0.25) is 0 Å². The Kier molecular flexibility index (Phi) is 5.07. The van der Waals surface area contributed by atoms with Crippen LogP contribution in [0, 0.1) is 0 Å². The molecule has 3 aromatic carbocycles. The molecule has 3 aromatic rings. The fourth-order valence-electron chi connectivity index (χ4n) is 3.76. The third kappa shape index (κ3) is 3.74. The highest BCUT2D eigenvalue weighted by atomic mass is 32.2. The second-order valence-electron chi connectivity index (χ2n) is 6.87. The molecule has 5 nitrogen and oxygen atoms in total. The summed E-state index contributed by atoms with van der Waals surface area (Å²) < 4.78 is 24.5. The van der Waals surface area contributed by atoms with Crippen molar-refractivity contribution in [1.82, 2.24) is 0 Å². The van der Waals surface area contributed by atoms with Crippen molar-refractivity contribution in [2.45, 2.75) is 4.90 Å². The zero-order valence-electron chi connectivity index (χ0n) is 15.5. The highest BCUT2D eigenvalue weighted by molar-refractivity contribution is 7.89. The van der Waals surface area contributed by atoms with Crippen molar-refractivity contribution in [3.63, 3.8) is 0 Å². The van der Waals surface area contributed by atoms with Gasteiger partial charge in [0, 0.05) is 43.1 Å². The highest BCUT2D eigenvalue weighted by Crippen LogP contribution is 2.36. The summed E-state index contributed by atoms with van der Waals surface area (Å²) in [6, 6.07) is 25.3. The van der Waals surface area contributed by atoms with Crippen molar-refractivity contribution < 1.29 is 8.42 Å². The number of piperazine rings is 1. The average Bonchev–Trinajstić information content (AvgIpc) is 2.74. The van der Waals surface area contributed by atoms with E-state index in [0.29, 0.717) is 5.56 Å². The Morgan fingerprint density at radius 2 is 1.25 bits per heavy atom. The number of para-hydroxylation sites is 1. The molecular formula is C22H23N3O2S. The predicted molar refractivity (Wildman–Crippen MR) is 114 cm³/mol. The van der Waals surface area contributed by atoms with Crippen molar-refractivity contribution in [2.24, 2.45) is 5.14 Å². The van der Waals surface area contributed by atoms with E-state index in [4.69, 9.17) is 5.14 Å². The maximum atomic E-state index is 12.3. The maximum absolute atomic E-state index is 12.3. The summed E-state index contributed by atoms with van der Waals surface area (Å²) in [6.45, 7) is 3.36. The lowest BCUT2D eigenvalue weighted by molar-refractivity contribution is 0.598. The average molecular weight is 394 g/mol. The Morgan fingerprint density at radius 1 is 0.679 bits per heavy atom. The van der Waals surface area contributed by atoms with Gasteiger partial charge in [-0.05, 0) is 29.8 Å². The van der Waals surface area contributed by atoms with Gasteiger partial charge >= 0.3 is 0 Å². The van der Waals surface area contributed by atoms with E-state index >= 15 is 0 Å². The molecule has 1 fully saturated rings. The van der Waals surface area contributed by atoms with Crippen LogP contribution in [0.3, 0.4) is 0 Å². The van der Waals surface area contributed by atoms with Crippen LogP contribution in [0.4, 0.5) is 11.4 Å². The first-order valence-electron chi connectivity index (χ1n) is 9.30. The first kappa shape index (κ1) is 18.5. The van der Waals surface area contributed by atoms with Crippen LogP contribution in [0.5, 0.6) is 0 Å². The first-order chi connectivity index (χ1) is 13.5. The van der Waals surface area contributed by atoms with E-state index in [9.17, 15) is 8.42 Å². The van der Waals surface area contributed by atoms with Crippen LogP contribution in [0.15, 0.2) is 83.8 Å². The van der Waals surface area contributed by atoms with E-state index in [1.165, 1.54) is 5.69 Å². The van der Waals surface area contributed by atoms with Gasteiger partial charge in [-0.3, -0.25) is 0 Å². The minimum atomic E-state index is -3.83. The van der Waals surface area contributed by atoms with Gasteiger partial charge in [0.25, 0.3) is 0 Å². The van der Waals surface area contributed by atoms with E-state index in [1.807, 2.05) is 54.6 Å². The summed E-state index contributed by atoms with van der Waals surface area (Å²) in [6.07, 6.45) is 0. The largest absolute Gasteiger partial charge is 0.368 e. The third-order valence-corrected chi connectivity index (χ3v) is 6.07. The molecule has 1 aliphatic rings. The molecule has 2 N–H and O–H groups in total. The Balaban J connectivity index is 1.69. The van der Waals surface area contributed by atoms with Crippen molar-refractivity contribution in [1.29, 1.82) is 0 Å². The SMILES string of the molecule is NS(=O)(=O)c1cccc(N2CCN(c3ccccc3)CC2)c1-c1ccccc1. The van der Waals surface area contributed by atoms with Gasteiger partial charge < -0.3 is 9.80 Å². The zero-order chi connectivity index (χ0) is 19.6. The van der Waals surface area contributed by atoms with E-state index < -0.39 is 10.0 Å². The van der Waals surface area contributed by atoms with Gasteiger partial charge in [0.2, 0.25) is 10.0 Å². The van der Waals surface area contributed by atoms with Crippen LogP contribution in [-0.2, 0) is 10.0 Å². The smallest absolute Gasteiger partial charge is 0.238 e. The van der Waals surface area contributed by atoms with Crippen molar-refractivity contribution in [3.05, 3.63) is 78.9 Å². The number of hydrogen-bond acceptors (Lipinski definition) is 4. The van der Waals surface area contributed by atoms with Gasteiger partial charge in [0.15, 0.2) is 0 Å². The van der Waals surface area contributed by atoms with E-state index in [1.54, 1.807) is 12.1 Å². The molecule has 0 spiro atoms. The second-order valence-corrected chi connectivity index (χ2v) is 8.40. The lowest BCUT2D eigenvalue weighted by atomic mass is 10.0.